The lowest BCUT2D eigenvalue weighted by Crippen LogP contribution is -2.22. The van der Waals surface area contributed by atoms with Crippen LogP contribution in [-0.4, -0.2) is 19.6 Å². The van der Waals surface area contributed by atoms with E-state index in [9.17, 15) is 0 Å². The largest absolute Gasteiger partial charge is 0.371 e. The molecule has 90 valence electrons. The van der Waals surface area contributed by atoms with Gasteiger partial charge in [-0.1, -0.05) is 18.2 Å². The van der Waals surface area contributed by atoms with Gasteiger partial charge in [0.05, 0.1) is 0 Å². The fraction of sp³-hybridized carbons (Fsp3) is 0.467. The maximum absolute atomic E-state index is 5.24. The van der Waals surface area contributed by atoms with E-state index in [1.165, 1.54) is 37.2 Å². The van der Waals surface area contributed by atoms with Crippen molar-refractivity contribution >= 4 is 5.69 Å². The molecule has 0 saturated carbocycles. The molecule has 0 unspecified atom stereocenters. The normalized spacial score (nSPS) is 14.9. The first-order valence-electron chi connectivity index (χ1n) is 6.39. The molecule has 1 saturated heterocycles. The quantitative estimate of drug-likeness (QED) is 0.615. The zero-order valence-electron chi connectivity index (χ0n) is 10.3. The summed E-state index contributed by atoms with van der Waals surface area (Å²) in [5.41, 5.74) is 2.77. The molecule has 17 heavy (non-hydrogen) atoms. The Morgan fingerprint density at radius 2 is 2.00 bits per heavy atom. The van der Waals surface area contributed by atoms with Crippen molar-refractivity contribution in [2.24, 2.45) is 0 Å². The first kappa shape index (κ1) is 12.0. The van der Waals surface area contributed by atoms with Crippen LogP contribution < -0.4 is 10.2 Å². The Morgan fingerprint density at radius 1 is 1.24 bits per heavy atom. The lowest BCUT2D eigenvalue weighted by atomic mass is 10.1. The van der Waals surface area contributed by atoms with E-state index >= 15 is 0 Å². The molecular weight excluding hydrogens is 208 g/mol. The Labute approximate surface area is 104 Å². The molecule has 0 radical (unpaired) electrons. The summed E-state index contributed by atoms with van der Waals surface area (Å²) in [6, 6.07) is 8.66. The predicted molar refractivity (Wildman–Crippen MR) is 73.0 cm³/mol. The summed E-state index contributed by atoms with van der Waals surface area (Å²) < 4.78 is 0. The minimum atomic E-state index is 0.798. The lowest BCUT2D eigenvalue weighted by molar-refractivity contribution is 0.699. The number of para-hydroxylation sites is 1. The van der Waals surface area contributed by atoms with Crippen LogP contribution in [0.2, 0.25) is 0 Å². The highest BCUT2D eigenvalue weighted by molar-refractivity contribution is 5.54. The van der Waals surface area contributed by atoms with Gasteiger partial charge in [0.25, 0.3) is 0 Å². The van der Waals surface area contributed by atoms with Gasteiger partial charge in [0.15, 0.2) is 0 Å². The van der Waals surface area contributed by atoms with E-state index in [1.807, 2.05) is 0 Å². The third-order valence-corrected chi connectivity index (χ3v) is 3.20. The van der Waals surface area contributed by atoms with Crippen LogP contribution in [0.5, 0.6) is 0 Å². The summed E-state index contributed by atoms with van der Waals surface area (Å²) in [4.78, 5) is 2.48. The van der Waals surface area contributed by atoms with Gasteiger partial charge in [-0.3, -0.25) is 0 Å². The number of terminal acetylenes is 1. The number of rotatable bonds is 5. The molecule has 2 rings (SSSR count). The Bertz CT molecular complexity index is 386. The average Bonchev–Trinajstić information content (AvgIpc) is 2.89. The van der Waals surface area contributed by atoms with E-state index in [0.29, 0.717) is 0 Å². The van der Waals surface area contributed by atoms with Crippen molar-refractivity contribution in [3.05, 3.63) is 29.8 Å². The van der Waals surface area contributed by atoms with Crippen LogP contribution in [-0.2, 0) is 6.54 Å². The smallest absolute Gasteiger partial charge is 0.0411 e. The third-order valence-electron chi connectivity index (χ3n) is 3.20. The van der Waals surface area contributed by atoms with Crippen molar-refractivity contribution in [3.8, 4) is 12.3 Å². The molecule has 1 aromatic rings. The van der Waals surface area contributed by atoms with Gasteiger partial charge in [-0.05, 0) is 24.5 Å². The molecule has 1 aliphatic rings. The number of benzene rings is 1. The number of hydrogen-bond acceptors (Lipinski definition) is 2. The molecule has 1 fully saturated rings. The SMILES string of the molecule is C#CCCNCc1ccccc1N1CCCC1. The van der Waals surface area contributed by atoms with E-state index < -0.39 is 0 Å². The number of hydrogen-bond donors (Lipinski definition) is 1. The molecule has 0 amide bonds. The molecule has 1 heterocycles. The summed E-state index contributed by atoms with van der Waals surface area (Å²) in [6.07, 6.45) is 8.67. The zero-order valence-corrected chi connectivity index (χ0v) is 10.3. The first-order valence-corrected chi connectivity index (χ1v) is 6.39. The fourth-order valence-corrected chi connectivity index (χ4v) is 2.31. The monoisotopic (exact) mass is 228 g/mol. The fourth-order valence-electron chi connectivity index (χ4n) is 2.31. The second-order valence-corrected chi connectivity index (χ2v) is 4.45. The van der Waals surface area contributed by atoms with Crippen molar-refractivity contribution in [2.75, 3.05) is 24.5 Å². The van der Waals surface area contributed by atoms with Crippen molar-refractivity contribution in [1.82, 2.24) is 5.32 Å². The molecule has 1 aliphatic heterocycles. The Balaban J connectivity index is 1.98. The highest BCUT2D eigenvalue weighted by Crippen LogP contribution is 2.24. The van der Waals surface area contributed by atoms with Crippen LogP contribution in [0.25, 0.3) is 0 Å². The Morgan fingerprint density at radius 3 is 2.76 bits per heavy atom. The number of anilines is 1. The Kier molecular flexibility index (Phi) is 4.46. The molecule has 0 aliphatic carbocycles. The van der Waals surface area contributed by atoms with Crippen molar-refractivity contribution in [2.45, 2.75) is 25.8 Å². The van der Waals surface area contributed by atoms with Gasteiger partial charge >= 0.3 is 0 Å². The highest BCUT2D eigenvalue weighted by Gasteiger charge is 2.14. The molecule has 0 aromatic heterocycles. The van der Waals surface area contributed by atoms with E-state index in [4.69, 9.17) is 6.42 Å². The van der Waals surface area contributed by atoms with Crippen LogP contribution >= 0.6 is 0 Å². The van der Waals surface area contributed by atoms with Crippen LogP contribution in [0.15, 0.2) is 24.3 Å². The molecule has 0 bridgehead atoms. The predicted octanol–water partition coefficient (Wildman–Crippen LogP) is 2.40. The van der Waals surface area contributed by atoms with E-state index in [2.05, 4.69) is 40.4 Å². The second-order valence-electron chi connectivity index (χ2n) is 4.45. The maximum atomic E-state index is 5.24. The minimum absolute atomic E-state index is 0.798. The van der Waals surface area contributed by atoms with Crippen molar-refractivity contribution in [3.63, 3.8) is 0 Å². The van der Waals surface area contributed by atoms with Crippen LogP contribution in [0, 0.1) is 12.3 Å². The second kappa shape index (κ2) is 6.32. The van der Waals surface area contributed by atoms with Gasteiger partial charge in [-0.2, -0.15) is 0 Å². The van der Waals surface area contributed by atoms with Gasteiger partial charge in [0.2, 0.25) is 0 Å². The summed E-state index contributed by atoms with van der Waals surface area (Å²) >= 11 is 0. The number of nitrogens with zero attached hydrogens (tertiary/aromatic N) is 1. The summed E-state index contributed by atoms with van der Waals surface area (Å²) in [6.45, 7) is 4.20. The minimum Gasteiger partial charge on any atom is -0.371 e. The molecule has 1 N–H and O–H groups in total. The van der Waals surface area contributed by atoms with E-state index in [0.717, 1.165) is 19.5 Å². The van der Waals surface area contributed by atoms with Gasteiger partial charge in [-0.25, -0.2) is 0 Å². The van der Waals surface area contributed by atoms with Gasteiger partial charge < -0.3 is 10.2 Å². The van der Waals surface area contributed by atoms with E-state index in [1.54, 1.807) is 0 Å². The van der Waals surface area contributed by atoms with Crippen LogP contribution in [0.4, 0.5) is 5.69 Å². The van der Waals surface area contributed by atoms with Gasteiger partial charge in [-0.15, -0.1) is 12.3 Å². The van der Waals surface area contributed by atoms with Gasteiger partial charge in [0.1, 0.15) is 0 Å². The molecular formula is C15H20N2. The maximum Gasteiger partial charge on any atom is 0.0411 e. The first-order chi connectivity index (χ1) is 8.42. The van der Waals surface area contributed by atoms with E-state index in [-0.39, 0.29) is 0 Å². The van der Waals surface area contributed by atoms with Crippen LogP contribution in [0.3, 0.4) is 0 Å². The molecule has 2 heteroatoms. The Hall–Kier alpha value is -1.46. The molecule has 1 aromatic carbocycles. The molecule has 2 nitrogen and oxygen atoms in total. The van der Waals surface area contributed by atoms with Crippen LogP contribution in [0.1, 0.15) is 24.8 Å². The topological polar surface area (TPSA) is 15.3 Å². The molecule has 0 spiro atoms. The summed E-state index contributed by atoms with van der Waals surface area (Å²) in [5, 5.41) is 3.40. The summed E-state index contributed by atoms with van der Waals surface area (Å²) in [5.74, 6) is 2.65. The van der Waals surface area contributed by atoms with Crippen molar-refractivity contribution in [1.29, 1.82) is 0 Å². The van der Waals surface area contributed by atoms with Crippen molar-refractivity contribution < 1.29 is 0 Å². The average molecular weight is 228 g/mol. The standard InChI is InChI=1S/C15H20N2/c1-2-3-10-16-13-14-8-4-5-9-15(14)17-11-6-7-12-17/h1,4-5,8-9,16H,3,6-7,10-13H2. The third kappa shape index (κ3) is 3.25. The molecule has 0 atom stereocenters. The highest BCUT2D eigenvalue weighted by atomic mass is 15.1. The zero-order chi connectivity index (χ0) is 11.9. The van der Waals surface area contributed by atoms with Gasteiger partial charge in [0, 0.05) is 38.3 Å². The summed E-state index contributed by atoms with van der Waals surface area (Å²) in [7, 11) is 0. The lowest BCUT2D eigenvalue weighted by Gasteiger charge is -2.21. The number of nitrogens with one attached hydrogen (secondary N) is 1.